The lowest BCUT2D eigenvalue weighted by molar-refractivity contribution is -0.383. The number of nitrogen functional groups attached to an aromatic ring is 1. The average Bonchev–Trinajstić information content (AvgIpc) is 2.57. The Bertz CT molecular complexity index is 572. The zero-order valence-corrected chi connectivity index (χ0v) is 12.8. The maximum absolute atomic E-state index is 11.0. The SMILES string of the molecule is COc1cc(N)c([N+](=O)[O-])cc1B1OC(C)(C)C(C)(C)O1. The van der Waals surface area contributed by atoms with Crippen molar-refractivity contribution in [3.8, 4) is 5.75 Å². The zero-order valence-electron chi connectivity index (χ0n) is 12.8. The standard InChI is InChI=1S/C13H19BN2O5/c1-12(2)13(3,4)21-14(20-12)8-6-10(16(17)18)9(15)7-11(8)19-5/h6-7H,15H2,1-5H3. The molecule has 8 heteroatoms. The second-order valence-electron chi connectivity index (χ2n) is 6.00. The summed E-state index contributed by atoms with van der Waals surface area (Å²) in [7, 11) is 0.722. The van der Waals surface area contributed by atoms with Gasteiger partial charge in [-0.05, 0) is 27.7 Å². The number of hydrogen-bond donors (Lipinski definition) is 1. The molecule has 1 saturated heterocycles. The third-order valence-corrected chi connectivity index (χ3v) is 4.08. The van der Waals surface area contributed by atoms with Gasteiger partial charge in [0.25, 0.3) is 5.69 Å². The molecule has 1 aromatic rings. The number of benzene rings is 1. The van der Waals surface area contributed by atoms with Gasteiger partial charge in [0.05, 0.1) is 23.2 Å². The van der Waals surface area contributed by atoms with Crippen molar-refractivity contribution in [1.29, 1.82) is 0 Å². The monoisotopic (exact) mass is 294 g/mol. The number of nitrogens with zero attached hydrogens (tertiary/aromatic N) is 1. The van der Waals surface area contributed by atoms with Crippen molar-refractivity contribution < 1.29 is 19.0 Å². The molecule has 1 fully saturated rings. The highest BCUT2D eigenvalue weighted by Crippen LogP contribution is 2.38. The smallest absolute Gasteiger partial charge is 0.497 e. The highest BCUT2D eigenvalue weighted by molar-refractivity contribution is 6.63. The molecule has 114 valence electrons. The predicted octanol–water partition coefficient (Wildman–Crippen LogP) is 1.48. The van der Waals surface area contributed by atoms with Crippen LogP contribution in [0.1, 0.15) is 27.7 Å². The molecule has 0 unspecified atom stereocenters. The van der Waals surface area contributed by atoms with Gasteiger partial charge in [0, 0.05) is 17.6 Å². The molecule has 7 nitrogen and oxygen atoms in total. The van der Waals surface area contributed by atoms with Gasteiger partial charge >= 0.3 is 7.12 Å². The Balaban J connectivity index is 2.49. The number of hydrogen-bond acceptors (Lipinski definition) is 6. The Hall–Kier alpha value is -1.80. The molecule has 0 spiro atoms. The van der Waals surface area contributed by atoms with Crippen molar-refractivity contribution in [3.63, 3.8) is 0 Å². The number of anilines is 1. The Labute approximate surface area is 123 Å². The minimum absolute atomic E-state index is 0.0390. The van der Waals surface area contributed by atoms with Gasteiger partial charge in [-0.15, -0.1) is 0 Å². The van der Waals surface area contributed by atoms with E-state index in [1.54, 1.807) is 0 Å². The number of methoxy groups -OCH3 is 1. The van der Waals surface area contributed by atoms with Crippen molar-refractivity contribution in [1.82, 2.24) is 0 Å². The van der Waals surface area contributed by atoms with E-state index in [1.807, 2.05) is 27.7 Å². The van der Waals surface area contributed by atoms with Gasteiger partial charge < -0.3 is 19.8 Å². The van der Waals surface area contributed by atoms with E-state index in [4.69, 9.17) is 19.8 Å². The molecule has 0 saturated carbocycles. The van der Waals surface area contributed by atoms with Crippen molar-refractivity contribution >= 4 is 24.0 Å². The molecule has 1 aliphatic heterocycles. The molecule has 0 radical (unpaired) electrons. The van der Waals surface area contributed by atoms with Gasteiger partial charge in [0.2, 0.25) is 0 Å². The van der Waals surface area contributed by atoms with E-state index in [2.05, 4.69) is 0 Å². The van der Waals surface area contributed by atoms with E-state index in [9.17, 15) is 10.1 Å². The minimum Gasteiger partial charge on any atom is -0.497 e. The summed E-state index contributed by atoms with van der Waals surface area (Å²) in [6, 6.07) is 2.76. The van der Waals surface area contributed by atoms with Crippen LogP contribution in [0, 0.1) is 10.1 Å². The molecule has 1 aromatic carbocycles. The van der Waals surface area contributed by atoms with Gasteiger partial charge in [-0.1, -0.05) is 0 Å². The summed E-state index contributed by atoms with van der Waals surface area (Å²) in [6.07, 6.45) is 0. The summed E-state index contributed by atoms with van der Waals surface area (Å²) in [5.74, 6) is 0.400. The fourth-order valence-electron chi connectivity index (χ4n) is 2.09. The van der Waals surface area contributed by atoms with Crippen LogP contribution in [0.3, 0.4) is 0 Å². The molecular formula is C13H19BN2O5. The first kappa shape index (κ1) is 15.6. The maximum atomic E-state index is 11.0. The van der Waals surface area contributed by atoms with Gasteiger partial charge in [-0.3, -0.25) is 10.1 Å². The van der Waals surface area contributed by atoms with E-state index in [-0.39, 0.29) is 11.4 Å². The number of nitrogens with two attached hydrogens (primary N) is 1. The Morgan fingerprint density at radius 2 is 1.76 bits per heavy atom. The molecule has 0 amide bonds. The number of nitro groups is 1. The van der Waals surface area contributed by atoms with Crippen LogP contribution in [0.2, 0.25) is 0 Å². The quantitative estimate of drug-likeness (QED) is 0.392. The average molecular weight is 294 g/mol. The molecule has 0 aliphatic carbocycles. The highest BCUT2D eigenvalue weighted by Gasteiger charge is 2.52. The van der Waals surface area contributed by atoms with Crippen LogP contribution in [-0.2, 0) is 9.31 Å². The third kappa shape index (κ3) is 2.56. The number of rotatable bonds is 3. The Morgan fingerprint density at radius 1 is 1.24 bits per heavy atom. The van der Waals surface area contributed by atoms with E-state index < -0.39 is 23.2 Å². The van der Waals surface area contributed by atoms with Crippen molar-refractivity contribution in [2.75, 3.05) is 12.8 Å². The van der Waals surface area contributed by atoms with Gasteiger partial charge in [-0.2, -0.15) is 0 Å². The summed E-state index contributed by atoms with van der Waals surface area (Å²) in [4.78, 5) is 10.5. The fourth-order valence-corrected chi connectivity index (χ4v) is 2.09. The summed E-state index contributed by atoms with van der Waals surface area (Å²) in [5, 5.41) is 11.0. The lowest BCUT2D eigenvalue weighted by Crippen LogP contribution is -2.41. The first-order valence-corrected chi connectivity index (χ1v) is 6.56. The van der Waals surface area contributed by atoms with Gasteiger partial charge in [-0.25, -0.2) is 0 Å². The molecule has 1 heterocycles. The normalized spacial score (nSPS) is 19.6. The summed E-state index contributed by atoms with van der Waals surface area (Å²) < 4.78 is 17.1. The molecule has 2 rings (SSSR count). The number of ether oxygens (including phenoxy) is 1. The molecule has 0 atom stereocenters. The largest absolute Gasteiger partial charge is 0.498 e. The van der Waals surface area contributed by atoms with Crippen LogP contribution in [0.5, 0.6) is 5.75 Å². The topological polar surface area (TPSA) is 96.9 Å². The van der Waals surface area contributed by atoms with E-state index in [0.29, 0.717) is 11.2 Å². The van der Waals surface area contributed by atoms with Crippen LogP contribution >= 0.6 is 0 Å². The van der Waals surface area contributed by atoms with Crippen molar-refractivity contribution in [2.24, 2.45) is 0 Å². The second-order valence-corrected chi connectivity index (χ2v) is 6.00. The molecule has 21 heavy (non-hydrogen) atoms. The molecule has 1 aliphatic rings. The first-order chi connectivity index (χ1) is 9.59. The fraction of sp³-hybridized carbons (Fsp3) is 0.538. The summed E-state index contributed by atoms with van der Waals surface area (Å²) >= 11 is 0. The lowest BCUT2D eigenvalue weighted by Gasteiger charge is -2.32. The Kier molecular flexibility index (Phi) is 3.63. The molecule has 2 N–H and O–H groups in total. The van der Waals surface area contributed by atoms with E-state index in [0.717, 1.165) is 0 Å². The lowest BCUT2D eigenvalue weighted by atomic mass is 9.78. The summed E-state index contributed by atoms with van der Waals surface area (Å²) in [5.41, 5.74) is 4.88. The first-order valence-electron chi connectivity index (χ1n) is 6.56. The van der Waals surface area contributed by atoms with Crippen molar-refractivity contribution in [3.05, 3.63) is 22.2 Å². The van der Waals surface area contributed by atoms with Crippen LogP contribution in [0.25, 0.3) is 0 Å². The molecular weight excluding hydrogens is 275 g/mol. The number of nitro benzene ring substituents is 1. The summed E-state index contributed by atoms with van der Waals surface area (Å²) in [6.45, 7) is 7.63. The van der Waals surface area contributed by atoms with Crippen LogP contribution in [0.15, 0.2) is 12.1 Å². The van der Waals surface area contributed by atoms with Gasteiger partial charge in [0.15, 0.2) is 0 Å². The molecule has 0 bridgehead atoms. The van der Waals surface area contributed by atoms with E-state index >= 15 is 0 Å². The highest BCUT2D eigenvalue weighted by atomic mass is 16.7. The van der Waals surface area contributed by atoms with Crippen LogP contribution in [-0.4, -0.2) is 30.4 Å². The van der Waals surface area contributed by atoms with Gasteiger partial charge in [0.1, 0.15) is 11.4 Å². The maximum Gasteiger partial charge on any atom is 0.498 e. The van der Waals surface area contributed by atoms with Crippen LogP contribution < -0.4 is 15.9 Å². The molecule has 0 aromatic heterocycles. The van der Waals surface area contributed by atoms with E-state index in [1.165, 1.54) is 19.2 Å². The zero-order chi connectivity index (χ0) is 16.0. The third-order valence-electron chi connectivity index (χ3n) is 4.08. The Morgan fingerprint density at radius 3 is 2.19 bits per heavy atom. The predicted molar refractivity (Wildman–Crippen MR) is 79.8 cm³/mol. The second kappa shape index (κ2) is 4.89. The van der Waals surface area contributed by atoms with Crippen molar-refractivity contribution in [2.45, 2.75) is 38.9 Å². The van der Waals surface area contributed by atoms with Crippen LogP contribution in [0.4, 0.5) is 11.4 Å². The minimum atomic E-state index is -0.746.